The molecule has 3 atom stereocenters. The number of carboxylic acid groups (broad SMARTS) is 1. The van der Waals surface area contributed by atoms with Crippen LogP contribution in [0.3, 0.4) is 0 Å². The average Bonchev–Trinajstić information content (AvgIpc) is 3.24. The smallest absolute Gasteiger partial charge is 0.409 e. The number of unbranched alkanes of at least 4 members (excludes halogenated alkanes) is 1. The predicted octanol–water partition coefficient (Wildman–Crippen LogP) is 5.85. The molecular weight excluding hydrogens is 515 g/mol. The van der Waals surface area contributed by atoms with E-state index in [-0.39, 0.29) is 30.2 Å². The summed E-state index contributed by atoms with van der Waals surface area (Å²) in [5, 5.41) is 13.1. The van der Waals surface area contributed by atoms with Gasteiger partial charge in [0.2, 0.25) is 5.78 Å². The van der Waals surface area contributed by atoms with Crippen LogP contribution in [0.25, 0.3) is 0 Å². The van der Waals surface area contributed by atoms with Crippen molar-refractivity contribution in [2.75, 3.05) is 11.7 Å². The molecule has 2 aromatic rings. The lowest BCUT2D eigenvalue weighted by atomic mass is 9.91. The standard InChI is InChI=1S/C30H39FN4O5/c1-6-7-16-24(26(36)27(37)32-21(3)22-14-9-8-10-15-22)34(29(39)40)25-18-30(4,5)19-33(25)28(38)35(31)23-17-12-11-13-20(23)2/h8-15,17,21,24-25H,6-7,16,18-19H2,1-5H3,(H,32,37)(H,39,40)/t21?,24-,25-/m0/s1. The van der Waals surface area contributed by atoms with Crippen LogP contribution >= 0.6 is 0 Å². The number of para-hydroxylation sites is 1. The molecule has 0 bridgehead atoms. The van der Waals surface area contributed by atoms with E-state index in [1.54, 1.807) is 32.0 Å². The van der Waals surface area contributed by atoms with Crippen molar-refractivity contribution in [2.45, 2.75) is 78.6 Å². The van der Waals surface area contributed by atoms with Gasteiger partial charge in [0.05, 0.1) is 11.7 Å². The summed E-state index contributed by atoms with van der Waals surface area (Å²) in [6.45, 7) is 9.05. The van der Waals surface area contributed by atoms with Gasteiger partial charge in [-0.1, -0.05) is 86.6 Å². The topological polar surface area (TPSA) is 110 Å². The lowest BCUT2D eigenvalue weighted by Gasteiger charge is -2.38. The van der Waals surface area contributed by atoms with E-state index in [9.17, 15) is 24.3 Å². The third-order valence-electron chi connectivity index (χ3n) is 7.32. The summed E-state index contributed by atoms with van der Waals surface area (Å²) in [4.78, 5) is 54.9. The van der Waals surface area contributed by atoms with Gasteiger partial charge >= 0.3 is 12.1 Å². The Hall–Kier alpha value is -3.95. The van der Waals surface area contributed by atoms with E-state index in [0.717, 1.165) is 15.4 Å². The second kappa shape index (κ2) is 12.9. The van der Waals surface area contributed by atoms with Gasteiger partial charge in [0, 0.05) is 6.54 Å². The summed E-state index contributed by atoms with van der Waals surface area (Å²) in [6.07, 6.45) is -1.21. The zero-order chi connectivity index (χ0) is 29.6. The van der Waals surface area contributed by atoms with Crippen LogP contribution in [0, 0.1) is 12.3 Å². The normalized spacial score (nSPS) is 17.6. The van der Waals surface area contributed by atoms with Crippen LogP contribution in [0.15, 0.2) is 54.6 Å². The number of ketones is 1. The highest BCUT2D eigenvalue weighted by Crippen LogP contribution is 2.38. The lowest BCUT2D eigenvalue weighted by molar-refractivity contribution is -0.142. The van der Waals surface area contributed by atoms with Gasteiger partial charge in [-0.15, -0.1) is 5.12 Å². The number of urea groups is 1. The van der Waals surface area contributed by atoms with E-state index in [1.807, 2.05) is 51.1 Å². The third kappa shape index (κ3) is 6.97. The molecule has 3 rings (SSSR count). The Bertz CT molecular complexity index is 1220. The van der Waals surface area contributed by atoms with Crippen molar-refractivity contribution in [3.8, 4) is 0 Å². The number of benzene rings is 2. The summed E-state index contributed by atoms with van der Waals surface area (Å²) in [5.74, 6) is -1.82. The molecule has 2 N–H and O–H groups in total. The first kappa shape index (κ1) is 30.6. The number of likely N-dealkylation sites (tertiary alicyclic amines) is 1. The molecule has 0 aromatic heterocycles. The van der Waals surface area contributed by atoms with Crippen molar-refractivity contribution in [2.24, 2.45) is 5.41 Å². The largest absolute Gasteiger partial charge is 0.465 e. The molecule has 0 radical (unpaired) electrons. The third-order valence-corrected chi connectivity index (χ3v) is 7.32. The number of nitrogens with zero attached hydrogens (tertiary/aromatic N) is 3. The van der Waals surface area contributed by atoms with Gasteiger partial charge in [-0.25, -0.2) is 9.59 Å². The zero-order valence-corrected chi connectivity index (χ0v) is 23.8. The molecule has 0 aliphatic carbocycles. The molecule has 1 aliphatic heterocycles. The van der Waals surface area contributed by atoms with E-state index in [0.29, 0.717) is 18.4 Å². The quantitative estimate of drug-likeness (QED) is 0.283. The number of anilines is 1. The fourth-order valence-corrected chi connectivity index (χ4v) is 5.19. The van der Waals surface area contributed by atoms with Crippen molar-refractivity contribution >= 4 is 29.5 Å². The van der Waals surface area contributed by atoms with Gasteiger partial charge in [-0.3, -0.25) is 14.5 Å². The molecular formula is C30H39FN4O5. The Morgan fingerprint density at radius 2 is 1.73 bits per heavy atom. The zero-order valence-electron chi connectivity index (χ0n) is 23.8. The molecule has 1 saturated heterocycles. The fraction of sp³-hybridized carbons (Fsp3) is 0.467. The number of carbonyl (C=O) groups is 4. The first-order chi connectivity index (χ1) is 18.9. The SMILES string of the molecule is CCCC[C@@H](C(=O)C(=O)NC(C)c1ccccc1)N(C(=O)O)[C@H]1CC(C)(C)CN1C(=O)N(F)c1ccccc1C. The summed E-state index contributed by atoms with van der Waals surface area (Å²) in [6, 6.07) is 12.7. The van der Waals surface area contributed by atoms with Gasteiger partial charge in [-0.2, -0.15) is 0 Å². The summed E-state index contributed by atoms with van der Waals surface area (Å²) in [5.41, 5.74) is 0.801. The Morgan fingerprint density at radius 3 is 2.33 bits per heavy atom. The first-order valence-electron chi connectivity index (χ1n) is 13.6. The predicted molar refractivity (Wildman–Crippen MR) is 150 cm³/mol. The van der Waals surface area contributed by atoms with E-state index in [2.05, 4.69) is 5.32 Å². The molecule has 9 nitrogen and oxygen atoms in total. The minimum absolute atomic E-state index is 0.0148. The molecule has 1 heterocycles. The lowest BCUT2D eigenvalue weighted by Crippen LogP contribution is -2.59. The van der Waals surface area contributed by atoms with E-state index < -0.39 is 47.5 Å². The minimum atomic E-state index is -1.46. The van der Waals surface area contributed by atoms with E-state index >= 15 is 4.48 Å². The number of halogens is 1. The maximum atomic E-state index is 15.5. The van der Waals surface area contributed by atoms with Crippen molar-refractivity contribution in [1.82, 2.24) is 15.1 Å². The number of rotatable bonds is 10. The van der Waals surface area contributed by atoms with Crippen LogP contribution in [0.4, 0.5) is 19.8 Å². The van der Waals surface area contributed by atoms with E-state index in [1.165, 1.54) is 6.07 Å². The number of hydrogen-bond acceptors (Lipinski definition) is 4. The molecule has 1 aliphatic rings. The summed E-state index contributed by atoms with van der Waals surface area (Å²) in [7, 11) is 0. The maximum Gasteiger partial charge on any atom is 0.409 e. The Morgan fingerprint density at radius 1 is 1.10 bits per heavy atom. The van der Waals surface area contributed by atoms with Gasteiger partial charge in [-0.05, 0) is 49.3 Å². The first-order valence-corrected chi connectivity index (χ1v) is 13.6. The maximum absolute atomic E-state index is 15.5. The average molecular weight is 555 g/mol. The van der Waals surface area contributed by atoms with Gasteiger partial charge < -0.3 is 15.3 Å². The molecule has 216 valence electrons. The van der Waals surface area contributed by atoms with Gasteiger partial charge in [0.1, 0.15) is 12.2 Å². The number of Topliss-reactive ketones (excluding diaryl/α,β-unsaturated/α-hetero) is 1. The molecule has 10 heteroatoms. The number of carbonyl (C=O) groups excluding carboxylic acids is 3. The number of nitrogens with one attached hydrogen (secondary N) is 1. The minimum Gasteiger partial charge on any atom is -0.465 e. The highest BCUT2D eigenvalue weighted by atomic mass is 19.2. The monoisotopic (exact) mass is 554 g/mol. The van der Waals surface area contributed by atoms with Crippen molar-refractivity contribution < 1.29 is 28.8 Å². The molecule has 0 spiro atoms. The molecule has 4 amide bonds. The summed E-state index contributed by atoms with van der Waals surface area (Å²) >= 11 is 0. The number of aryl methyl sites for hydroxylation is 1. The van der Waals surface area contributed by atoms with Crippen molar-refractivity contribution in [3.63, 3.8) is 0 Å². The van der Waals surface area contributed by atoms with Crippen LogP contribution in [-0.4, -0.2) is 57.5 Å². The Kier molecular flexibility index (Phi) is 9.89. The molecule has 1 unspecified atom stereocenters. The number of hydrogen-bond donors (Lipinski definition) is 2. The van der Waals surface area contributed by atoms with Gasteiger partial charge in [0.15, 0.2) is 0 Å². The fourth-order valence-electron chi connectivity index (χ4n) is 5.19. The van der Waals surface area contributed by atoms with Crippen LogP contribution in [-0.2, 0) is 9.59 Å². The van der Waals surface area contributed by atoms with Gasteiger partial charge in [0.25, 0.3) is 5.91 Å². The van der Waals surface area contributed by atoms with Crippen LogP contribution in [0.1, 0.15) is 70.5 Å². The van der Waals surface area contributed by atoms with Crippen LogP contribution in [0.2, 0.25) is 0 Å². The van der Waals surface area contributed by atoms with Crippen LogP contribution < -0.4 is 10.4 Å². The molecule has 2 aromatic carbocycles. The molecule has 1 fully saturated rings. The van der Waals surface area contributed by atoms with Crippen molar-refractivity contribution in [3.05, 3.63) is 65.7 Å². The van der Waals surface area contributed by atoms with E-state index in [4.69, 9.17) is 0 Å². The second-order valence-electron chi connectivity index (χ2n) is 11.1. The molecule has 40 heavy (non-hydrogen) atoms. The Balaban J connectivity index is 1.93. The van der Waals surface area contributed by atoms with Crippen LogP contribution in [0.5, 0.6) is 0 Å². The molecule has 0 saturated carbocycles. The number of amides is 4. The summed E-state index contributed by atoms with van der Waals surface area (Å²) < 4.78 is 15.5. The van der Waals surface area contributed by atoms with Crippen molar-refractivity contribution in [1.29, 1.82) is 0 Å². The highest BCUT2D eigenvalue weighted by Gasteiger charge is 2.49. The highest BCUT2D eigenvalue weighted by molar-refractivity contribution is 6.38. The Labute approximate surface area is 234 Å². The second-order valence-corrected chi connectivity index (χ2v) is 11.1.